The molecule has 94 valence electrons. The van der Waals surface area contributed by atoms with Gasteiger partial charge in [0.15, 0.2) is 0 Å². The lowest BCUT2D eigenvalue weighted by Crippen LogP contribution is -2.25. The summed E-state index contributed by atoms with van der Waals surface area (Å²) < 4.78 is 1.80. The van der Waals surface area contributed by atoms with Crippen molar-refractivity contribution < 1.29 is 5.21 Å². The van der Waals surface area contributed by atoms with Crippen LogP contribution in [-0.4, -0.2) is 20.8 Å². The minimum absolute atomic E-state index is 0.0569. The van der Waals surface area contributed by atoms with E-state index in [4.69, 9.17) is 10.9 Å². The van der Waals surface area contributed by atoms with E-state index in [1.807, 2.05) is 49.6 Å². The molecule has 0 spiro atoms. The summed E-state index contributed by atoms with van der Waals surface area (Å²) in [6, 6.07) is 10.0. The fourth-order valence-electron chi connectivity index (χ4n) is 1.72. The summed E-state index contributed by atoms with van der Waals surface area (Å²) in [7, 11) is 0. The van der Waals surface area contributed by atoms with Gasteiger partial charge in [-0.1, -0.05) is 42.4 Å². The van der Waals surface area contributed by atoms with Gasteiger partial charge in [0, 0.05) is 17.7 Å². The summed E-state index contributed by atoms with van der Waals surface area (Å²) >= 11 is 0. The first-order chi connectivity index (χ1) is 8.70. The van der Waals surface area contributed by atoms with Crippen molar-refractivity contribution in [3.63, 3.8) is 0 Å². The summed E-state index contributed by atoms with van der Waals surface area (Å²) in [5.41, 5.74) is 7.72. The van der Waals surface area contributed by atoms with Crippen LogP contribution in [0.4, 0.5) is 0 Å². The summed E-state index contributed by atoms with van der Waals surface area (Å²) in [5.74, 6) is 0.158. The molecule has 0 aliphatic rings. The maximum Gasteiger partial charge on any atom is 0.143 e. The molecule has 3 N–H and O–H groups in total. The summed E-state index contributed by atoms with van der Waals surface area (Å²) in [6.45, 7) is 2.47. The topological polar surface area (TPSA) is 76.4 Å². The lowest BCUT2D eigenvalue weighted by atomic mass is 10.1. The smallest absolute Gasteiger partial charge is 0.143 e. The van der Waals surface area contributed by atoms with Gasteiger partial charge in [-0.25, -0.2) is 0 Å². The molecule has 0 saturated carbocycles. The van der Waals surface area contributed by atoms with E-state index in [1.54, 1.807) is 4.68 Å². The number of nitrogens with two attached hydrogens (primary N) is 1. The second-order valence-electron chi connectivity index (χ2n) is 4.24. The number of hydrogen-bond acceptors (Lipinski definition) is 3. The molecule has 0 aliphatic carbocycles. The Morgan fingerprint density at radius 3 is 2.78 bits per heavy atom. The third-order valence-electron chi connectivity index (χ3n) is 2.82. The predicted molar refractivity (Wildman–Crippen MR) is 70.2 cm³/mol. The quantitative estimate of drug-likeness (QED) is 0.373. The van der Waals surface area contributed by atoms with Gasteiger partial charge in [-0.2, -0.15) is 5.10 Å². The van der Waals surface area contributed by atoms with E-state index in [2.05, 4.69) is 10.3 Å². The Bertz CT molecular complexity index is 533. The van der Waals surface area contributed by atoms with Crippen LogP contribution in [0.1, 0.15) is 6.92 Å². The maximum atomic E-state index is 8.60. The van der Waals surface area contributed by atoms with Gasteiger partial charge in [-0.05, 0) is 5.56 Å². The highest BCUT2D eigenvalue weighted by Crippen LogP contribution is 2.17. The lowest BCUT2D eigenvalue weighted by molar-refractivity contribution is 0.313. The highest BCUT2D eigenvalue weighted by atomic mass is 16.4. The molecule has 1 heterocycles. The largest absolute Gasteiger partial charge is 0.409 e. The second kappa shape index (κ2) is 5.35. The van der Waals surface area contributed by atoms with Gasteiger partial charge in [0.25, 0.3) is 0 Å². The van der Waals surface area contributed by atoms with Gasteiger partial charge in [0.2, 0.25) is 0 Å². The fourth-order valence-corrected chi connectivity index (χ4v) is 1.72. The molecule has 2 aromatic rings. The molecular formula is C13H16N4O. The zero-order chi connectivity index (χ0) is 13.0. The van der Waals surface area contributed by atoms with Crippen LogP contribution in [0.2, 0.25) is 0 Å². The molecule has 0 aliphatic heterocycles. The van der Waals surface area contributed by atoms with Crippen LogP contribution in [-0.2, 0) is 6.54 Å². The number of nitrogens with zero attached hydrogens (tertiary/aromatic N) is 3. The van der Waals surface area contributed by atoms with Gasteiger partial charge in [-0.3, -0.25) is 4.68 Å². The molecule has 5 heteroatoms. The SMILES string of the molecule is CC(Cn1cc(-c2ccccc2)cn1)C(N)=NO. The molecule has 0 saturated heterocycles. The Morgan fingerprint density at radius 2 is 2.11 bits per heavy atom. The summed E-state index contributed by atoms with van der Waals surface area (Å²) in [5, 5.41) is 15.9. The van der Waals surface area contributed by atoms with Crippen LogP contribution in [0.15, 0.2) is 47.9 Å². The zero-order valence-corrected chi connectivity index (χ0v) is 10.2. The third-order valence-corrected chi connectivity index (χ3v) is 2.82. The molecule has 1 aromatic heterocycles. The highest BCUT2D eigenvalue weighted by Gasteiger charge is 2.09. The van der Waals surface area contributed by atoms with Crippen molar-refractivity contribution >= 4 is 5.84 Å². The summed E-state index contributed by atoms with van der Waals surface area (Å²) in [6.07, 6.45) is 3.77. The molecule has 0 radical (unpaired) electrons. The van der Waals surface area contributed by atoms with Crippen molar-refractivity contribution in [1.82, 2.24) is 9.78 Å². The third kappa shape index (κ3) is 2.68. The van der Waals surface area contributed by atoms with E-state index in [9.17, 15) is 0 Å². The Labute approximate surface area is 106 Å². The van der Waals surface area contributed by atoms with Crippen LogP contribution in [0.3, 0.4) is 0 Å². The van der Waals surface area contributed by atoms with Gasteiger partial charge >= 0.3 is 0 Å². The monoisotopic (exact) mass is 244 g/mol. The van der Waals surface area contributed by atoms with Crippen LogP contribution >= 0.6 is 0 Å². The molecule has 1 atom stereocenters. The normalized spacial score (nSPS) is 13.5. The number of rotatable bonds is 4. The Morgan fingerprint density at radius 1 is 1.39 bits per heavy atom. The predicted octanol–water partition coefficient (Wildman–Crippen LogP) is 1.93. The average Bonchev–Trinajstić information content (AvgIpc) is 2.87. The van der Waals surface area contributed by atoms with Crippen molar-refractivity contribution in [2.24, 2.45) is 16.8 Å². The average molecular weight is 244 g/mol. The van der Waals surface area contributed by atoms with Gasteiger partial charge in [0.1, 0.15) is 5.84 Å². The van der Waals surface area contributed by atoms with E-state index in [0.717, 1.165) is 11.1 Å². The zero-order valence-electron chi connectivity index (χ0n) is 10.2. The first-order valence-corrected chi connectivity index (χ1v) is 5.76. The minimum atomic E-state index is -0.0569. The van der Waals surface area contributed by atoms with E-state index in [-0.39, 0.29) is 11.8 Å². The van der Waals surface area contributed by atoms with Gasteiger partial charge in [0.05, 0.1) is 12.7 Å². The molecule has 1 unspecified atom stereocenters. The molecule has 1 aromatic carbocycles. The molecular weight excluding hydrogens is 228 g/mol. The van der Waals surface area contributed by atoms with Crippen LogP contribution in [0.5, 0.6) is 0 Å². The highest BCUT2D eigenvalue weighted by molar-refractivity contribution is 5.81. The first-order valence-electron chi connectivity index (χ1n) is 5.76. The second-order valence-corrected chi connectivity index (χ2v) is 4.24. The van der Waals surface area contributed by atoms with Crippen molar-refractivity contribution in [2.45, 2.75) is 13.5 Å². The molecule has 2 rings (SSSR count). The summed E-state index contributed by atoms with van der Waals surface area (Å²) in [4.78, 5) is 0. The lowest BCUT2D eigenvalue weighted by Gasteiger charge is -2.08. The standard InChI is InChI=1S/C13H16N4O/c1-10(13(14)16-18)8-17-9-12(7-15-17)11-5-3-2-4-6-11/h2-7,9-10,18H,8H2,1H3,(H2,14,16). The van der Waals surface area contributed by atoms with E-state index in [1.165, 1.54) is 0 Å². The van der Waals surface area contributed by atoms with Crippen molar-refractivity contribution in [2.75, 3.05) is 0 Å². The number of aromatic nitrogens is 2. The van der Waals surface area contributed by atoms with E-state index >= 15 is 0 Å². The molecule has 5 nitrogen and oxygen atoms in total. The first kappa shape index (κ1) is 12.2. The number of oxime groups is 1. The van der Waals surface area contributed by atoms with E-state index in [0.29, 0.717) is 6.54 Å². The molecule has 0 fully saturated rings. The Kier molecular flexibility index (Phi) is 3.62. The van der Waals surface area contributed by atoms with Crippen molar-refractivity contribution in [1.29, 1.82) is 0 Å². The van der Waals surface area contributed by atoms with E-state index < -0.39 is 0 Å². The van der Waals surface area contributed by atoms with Gasteiger partial charge < -0.3 is 10.9 Å². The van der Waals surface area contributed by atoms with Crippen molar-refractivity contribution in [3.05, 3.63) is 42.7 Å². The molecule has 0 amide bonds. The maximum absolute atomic E-state index is 8.60. The minimum Gasteiger partial charge on any atom is -0.409 e. The Hall–Kier alpha value is -2.30. The molecule has 0 bridgehead atoms. The fraction of sp³-hybridized carbons (Fsp3) is 0.231. The van der Waals surface area contributed by atoms with Crippen LogP contribution in [0.25, 0.3) is 11.1 Å². The van der Waals surface area contributed by atoms with Crippen LogP contribution < -0.4 is 5.73 Å². The van der Waals surface area contributed by atoms with Crippen molar-refractivity contribution in [3.8, 4) is 11.1 Å². The van der Waals surface area contributed by atoms with Gasteiger partial charge in [-0.15, -0.1) is 0 Å². The number of amidine groups is 1. The molecule has 18 heavy (non-hydrogen) atoms. The number of hydrogen-bond donors (Lipinski definition) is 2. The Balaban J connectivity index is 2.12. The number of benzene rings is 1. The van der Waals surface area contributed by atoms with Crippen LogP contribution in [0, 0.1) is 5.92 Å².